The van der Waals surface area contributed by atoms with Crippen molar-refractivity contribution in [3.05, 3.63) is 34.9 Å². The van der Waals surface area contributed by atoms with Crippen molar-refractivity contribution in [3.63, 3.8) is 0 Å². The van der Waals surface area contributed by atoms with Crippen LogP contribution in [0.5, 0.6) is 0 Å². The first-order valence-corrected chi connectivity index (χ1v) is 8.14. The number of alkyl halides is 7. The van der Waals surface area contributed by atoms with Crippen molar-refractivity contribution in [2.75, 3.05) is 0 Å². The molecule has 24 heavy (non-hydrogen) atoms. The van der Waals surface area contributed by atoms with E-state index in [0.29, 0.717) is 18.6 Å². The van der Waals surface area contributed by atoms with Crippen molar-refractivity contribution in [2.24, 2.45) is 0 Å². The minimum absolute atomic E-state index is 0.00464. The number of carbonyl (C=O) groups excluding carboxylic acids is 1. The second-order valence-electron chi connectivity index (χ2n) is 5.67. The Hall–Kier alpha value is -1.25. The van der Waals surface area contributed by atoms with Crippen LogP contribution in [0.1, 0.15) is 47.2 Å². The third kappa shape index (κ3) is 4.64. The van der Waals surface area contributed by atoms with E-state index in [1.165, 1.54) is 0 Å². The third-order valence-corrected chi connectivity index (χ3v) is 4.94. The van der Waals surface area contributed by atoms with Crippen molar-refractivity contribution < 1.29 is 31.1 Å². The summed E-state index contributed by atoms with van der Waals surface area (Å²) in [5.74, 6) is -0.942. The Labute approximate surface area is 142 Å². The molecular weight excluding hydrogens is 404 g/mol. The van der Waals surface area contributed by atoms with Crippen LogP contribution in [0, 0.1) is 0 Å². The fourth-order valence-corrected chi connectivity index (χ4v) is 3.31. The maximum atomic E-state index is 12.8. The van der Waals surface area contributed by atoms with Crippen LogP contribution in [0.4, 0.5) is 26.3 Å². The van der Waals surface area contributed by atoms with E-state index in [9.17, 15) is 31.1 Å². The maximum Gasteiger partial charge on any atom is 0.416 e. The number of hydrogen-bond acceptors (Lipinski definition) is 1. The Bertz CT molecular complexity index is 581. The zero-order valence-electron chi connectivity index (χ0n) is 12.3. The van der Waals surface area contributed by atoms with Gasteiger partial charge in [0.25, 0.3) is 5.91 Å². The lowest BCUT2D eigenvalue weighted by atomic mass is 9.95. The van der Waals surface area contributed by atoms with E-state index in [0.717, 1.165) is 19.3 Å². The molecule has 2 atom stereocenters. The Morgan fingerprint density at radius 1 is 0.958 bits per heavy atom. The quantitative estimate of drug-likeness (QED) is 0.522. The number of rotatable bonds is 2. The van der Waals surface area contributed by atoms with Gasteiger partial charge in [0.05, 0.1) is 11.1 Å². The summed E-state index contributed by atoms with van der Waals surface area (Å²) in [6.45, 7) is 0. The topological polar surface area (TPSA) is 29.1 Å². The molecule has 1 fully saturated rings. The highest BCUT2D eigenvalue weighted by molar-refractivity contribution is 9.09. The molecule has 1 aliphatic rings. The first-order valence-electron chi connectivity index (χ1n) is 7.23. The van der Waals surface area contributed by atoms with E-state index in [4.69, 9.17) is 0 Å². The smallest absolute Gasteiger partial charge is 0.348 e. The van der Waals surface area contributed by atoms with Gasteiger partial charge >= 0.3 is 12.4 Å². The minimum Gasteiger partial charge on any atom is -0.348 e. The van der Waals surface area contributed by atoms with E-state index in [2.05, 4.69) is 21.2 Å². The molecule has 0 saturated heterocycles. The van der Waals surface area contributed by atoms with Gasteiger partial charge in [0.2, 0.25) is 0 Å². The molecule has 0 aromatic heterocycles. The molecule has 1 aromatic rings. The number of carbonyl (C=O) groups is 1. The van der Waals surface area contributed by atoms with Gasteiger partial charge in [-0.15, -0.1) is 0 Å². The molecule has 1 saturated carbocycles. The van der Waals surface area contributed by atoms with Gasteiger partial charge in [-0.05, 0) is 31.0 Å². The molecule has 0 radical (unpaired) electrons. The van der Waals surface area contributed by atoms with Gasteiger partial charge < -0.3 is 5.32 Å². The molecule has 0 aliphatic heterocycles. The van der Waals surface area contributed by atoms with Gasteiger partial charge in [-0.3, -0.25) is 4.79 Å². The molecule has 9 heteroatoms. The van der Waals surface area contributed by atoms with Crippen molar-refractivity contribution in [3.8, 4) is 0 Å². The fraction of sp³-hybridized carbons (Fsp3) is 0.533. The first kappa shape index (κ1) is 19.1. The van der Waals surface area contributed by atoms with Crippen molar-refractivity contribution in [2.45, 2.75) is 48.9 Å². The average molecular weight is 418 g/mol. The van der Waals surface area contributed by atoms with Crippen molar-refractivity contribution >= 4 is 21.8 Å². The van der Waals surface area contributed by atoms with Crippen LogP contribution in [-0.2, 0) is 12.4 Å². The summed E-state index contributed by atoms with van der Waals surface area (Å²) >= 11 is 3.37. The molecular formula is C15H14BrF6NO. The average Bonchev–Trinajstić information content (AvgIpc) is 2.47. The van der Waals surface area contributed by atoms with Gasteiger partial charge in [-0.2, -0.15) is 26.3 Å². The molecule has 1 amide bonds. The number of nitrogens with one attached hydrogen (secondary N) is 1. The molecule has 2 nitrogen and oxygen atoms in total. The molecule has 0 heterocycles. The second-order valence-corrected chi connectivity index (χ2v) is 6.85. The summed E-state index contributed by atoms with van der Waals surface area (Å²) in [6.07, 6.45) is -6.76. The Balaban J connectivity index is 2.32. The zero-order chi connectivity index (χ0) is 18.1. The fourth-order valence-electron chi connectivity index (χ4n) is 2.59. The van der Waals surface area contributed by atoms with Crippen LogP contribution >= 0.6 is 15.9 Å². The lowest BCUT2D eigenvalue weighted by molar-refractivity contribution is -0.143. The predicted octanol–water partition coefficient (Wildman–Crippen LogP) is 5.16. The van der Waals surface area contributed by atoms with Crippen molar-refractivity contribution in [1.29, 1.82) is 0 Å². The summed E-state index contributed by atoms with van der Waals surface area (Å²) in [5, 5.41) is 2.52. The van der Waals surface area contributed by atoms with E-state index in [-0.39, 0.29) is 16.9 Å². The molecule has 0 unspecified atom stereocenters. The zero-order valence-corrected chi connectivity index (χ0v) is 13.9. The Morgan fingerprint density at radius 3 is 1.92 bits per heavy atom. The standard InChI is InChI=1S/C15H14BrF6NO/c16-11-3-1-2-4-12(11)23-13(24)8-5-9(14(17,18)19)7-10(6-8)15(20,21)22/h5-7,11-12H,1-4H2,(H,23,24)/t11-,12-/m0/s1. The number of halogens is 7. The van der Waals surface area contributed by atoms with Gasteiger partial charge in [-0.25, -0.2) is 0 Å². The molecule has 1 N–H and O–H groups in total. The van der Waals surface area contributed by atoms with Crippen LogP contribution < -0.4 is 5.32 Å². The highest BCUT2D eigenvalue weighted by Gasteiger charge is 2.37. The molecule has 2 rings (SSSR count). The molecule has 0 bridgehead atoms. The molecule has 1 aliphatic carbocycles. The highest BCUT2D eigenvalue weighted by atomic mass is 79.9. The summed E-state index contributed by atoms with van der Waals surface area (Å²) in [5.41, 5.74) is -3.65. The van der Waals surface area contributed by atoms with Gasteiger partial charge in [-0.1, -0.05) is 28.8 Å². The SMILES string of the molecule is O=C(N[C@H]1CCCC[C@@H]1Br)c1cc(C(F)(F)F)cc(C(F)(F)F)c1. The summed E-state index contributed by atoms with van der Waals surface area (Å²) in [6, 6.07) is 0.563. The Kier molecular flexibility index (Phi) is 5.51. The van der Waals surface area contributed by atoms with Crippen LogP contribution in [0.3, 0.4) is 0 Å². The van der Waals surface area contributed by atoms with E-state index < -0.39 is 35.0 Å². The predicted molar refractivity (Wildman–Crippen MR) is 78.9 cm³/mol. The Morgan fingerprint density at radius 2 is 1.46 bits per heavy atom. The summed E-state index contributed by atoms with van der Waals surface area (Å²) in [7, 11) is 0. The molecule has 134 valence electrons. The maximum absolute atomic E-state index is 12.8. The largest absolute Gasteiger partial charge is 0.416 e. The summed E-state index contributed by atoms with van der Waals surface area (Å²) in [4.78, 5) is 12.1. The van der Waals surface area contributed by atoms with E-state index >= 15 is 0 Å². The summed E-state index contributed by atoms with van der Waals surface area (Å²) < 4.78 is 76.9. The lowest BCUT2D eigenvalue weighted by Crippen LogP contribution is -2.42. The molecule has 0 spiro atoms. The third-order valence-electron chi connectivity index (χ3n) is 3.85. The van der Waals surface area contributed by atoms with Crippen LogP contribution in [-0.4, -0.2) is 16.8 Å². The second kappa shape index (κ2) is 6.93. The normalized spacial score (nSPS) is 22.3. The molecule has 1 aromatic carbocycles. The van der Waals surface area contributed by atoms with E-state index in [1.54, 1.807) is 0 Å². The van der Waals surface area contributed by atoms with Crippen molar-refractivity contribution in [1.82, 2.24) is 5.32 Å². The number of benzene rings is 1. The van der Waals surface area contributed by atoms with Crippen LogP contribution in [0.25, 0.3) is 0 Å². The number of amides is 1. The minimum atomic E-state index is -4.97. The van der Waals surface area contributed by atoms with Crippen LogP contribution in [0.15, 0.2) is 18.2 Å². The first-order chi connectivity index (χ1) is 11.0. The van der Waals surface area contributed by atoms with Gasteiger partial charge in [0, 0.05) is 16.4 Å². The number of hydrogen-bond donors (Lipinski definition) is 1. The van der Waals surface area contributed by atoms with E-state index in [1.807, 2.05) is 0 Å². The monoisotopic (exact) mass is 417 g/mol. The van der Waals surface area contributed by atoms with Crippen LogP contribution in [0.2, 0.25) is 0 Å². The van der Waals surface area contributed by atoms with Gasteiger partial charge in [0.15, 0.2) is 0 Å². The lowest BCUT2D eigenvalue weighted by Gasteiger charge is -2.28. The van der Waals surface area contributed by atoms with Gasteiger partial charge in [0.1, 0.15) is 0 Å². The highest BCUT2D eigenvalue weighted by Crippen LogP contribution is 2.36.